The van der Waals surface area contributed by atoms with E-state index in [1.807, 2.05) is 0 Å². The summed E-state index contributed by atoms with van der Waals surface area (Å²) >= 11 is 0. The molecule has 2 fully saturated rings. The summed E-state index contributed by atoms with van der Waals surface area (Å²) in [6.07, 6.45) is 9.14. The lowest BCUT2D eigenvalue weighted by molar-refractivity contribution is 0.0892. The fourth-order valence-electron chi connectivity index (χ4n) is 3.52. The molecule has 0 aliphatic heterocycles. The van der Waals surface area contributed by atoms with Crippen molar-refractivity contribution in [2.24, 2.45) is 23.7 Å². The number of rotatable bonds is 0. The predicted octanol–water partition coefficient (Wildman–Crippen LogP) is 3.86. The van der Waals surface area contributed by atoms with Crippen LogP contribution in [-0.2, 0) is 0 Å². The van der Waals surface area contributed by atoms with Crippen LogP contribution in [0.15, 0.2) is 0 Å². The minimum absolute atomic E-state index is 1.02. The fourth-order valence-corrected chi connectivity index (χ4v) is 3.52. The summed E-state index contributed by atoms with van der Waals surface area (Å²) in [5.41, 5.74) is 0. The van der Waals surface area contributed by atoms with Gasteiger partial charge in [0.25, 0.3) is 0 Å². The topological polar surface area (TPSA) is 0 Å². The molecule has 0 unspecified atom stereocenters. The molecule has 0 amide bonds. The third-order valence-corrected chi connectivity index (χ3v) is 4.27. The monoisotopic (exact) mass is 166 g/mol. The van der Waals surface area contributed by atoms with Crippen LogP contribution in [0.1, 0.15) is 52.4 Å². The molecule has 0 saturated heterocycles. The van der Waals surface area contributed by atoms with Crippen LogP contribution >= 0.6 is 0 Å². The Morgan fingerprint density at radius 1 is 0.917 bits per heavy atom. The number of fused-ring (bicyclic) bond motifs is 1. The molecule has 0 aromatic heterocycles. The third kappa shape index (κ3) is 1.53. The van der Waals surface area contributed by atoms with E-state index in [-0.39, 0.29) is 0 Å². The van der Waals surface area contributed by atoms with Crippen LogP contribution in [0.3, 0.4) is 0 Å². The average molecular weight is 166 g/mol. The number of hydrogen-bond donors (Lipinski definition) is 0. The summed E-state index contributed by atoms with van der Waals surface area (Å²) in [5.74, 6) is 4.28. The van der Waals surface area contributed by atoms with E-state index in [1.165, 1.54) is 32.1 Å². The lowest BCUT2D eigenvalue weighted by Crippen LogP contribution is -2.31. The smallest absolute Gasteiger partial charge is 0.0360 e. The van der Waals surface area contributed by atoms with E-state index in [0.29, 0.717) is 0 Å². The standard InChI is InChI=1S/C12H22/c1-9-6-7-12-10(2)4-3-5-11(12)8-9/h9-12H,3-8H2,1-2H3/t9-,10-,11+,12+/m0/s1. The Morgan fingerprint density at radius 2 is 1.75 bits per heavy atom. The fraction of sp³-hybridized carbons (Fsp3) is 1.00. The van der Waals surface area contributed by atoms with Crippen molar-refractivity contribution in [3.8, 4) is 0 Å². The molecule has 0 spiro atoms. The van der Waals surface area contributed by atoms with Gasteiger partial charge in [0.15, 0.2) is 0 Å². The van der Waals surface area contributed by atoms with Gasteiger partial charge in [-0.1, -0.05) is 39.5 Å². The van der Waals surface area contributed by atoms with E-state index < -0.39 is 0 Å². The molecule has 0 nitrogen and oxygen atoms in total. The van der Waals surface area contributed by atoms with Gasteiger partial charge in [0, 0.05) is 0 Å². The first kappa shape index (κ1) is 8.59. The largest absolute Gasteiger partial charge is 0.0625 e. The van der Waals surface area contributed by atoms with Crippen LogP contribution in [-0.4, -0.2) is 0 Å². The van der Waals surface area contributed by atoms with Crippen molar-refractivity contribution in [1.82, 2.24) is 0 Å². The van der Waals surface area contributed by atoms with Gasteiger partial charge in [-0.2, -0.15) is 0 Å². The zero-order valence-corrected chi connectivity index (χ0v) is 8.55. The predicted molar refractivity (Wildman–Crippen MR) is 53.0 cm³/mol. The van der Waals surface area contributed by atoms with Crippen LogP contribution in [0.2, 0.25) is 0 Å². The van der Waals surface area contributed by atoms with E-state index in [2.05, 4.69) is 13.8 Å². The Balaban J connectivity index is 1.99. The first-order valence-electron chi connectivity index (χ1n) is 5.77. The molecule has 12 heavy (non-hydrogen) atoms. The summed E-state index contributed by atoms with van der Waals surface area (Å²) in [5, 5.41) is 0. The van der Waals surface area contributed by atoms with E-state index in [1.54, 1.807) is 6.42 Å². The minimum atomic E-state index is 1.02. The Bertz CT molecular complexity index is 150. The highest BCUT2D eigenvalue weighted by atomic mass is 14.4. The molecule has 0 heteroatoms. The van der Waals surface area contributed by atoms with Crippen molar-refractivity contribution in [3.63, 3.8) is 0 Å². The molecule has 4 atom stereocenters. The molecule has 2 rings (SSSR count). The summed E-state index contributed by atoms with van der Waals surface area (Å²) in [6.45, 7) is 4.92. The minimum Gasteiger partial charge on any atom is -0.0625 e. The van der Waals surface area contributed by atoms with E-state index in [9.17, 15) is 0 Å². The van der Waals surface area contributed by atoms with Gasteiger partial charge < -0.3 is 0 Å². The molecule has 0 aromatic rings. The highest BCUT2D eigenvalue weighted by Gasteiger charge is 2.34. The van der Waals surface area contributed by atoms with E-state index >= 15 is 0 Å². The maximum absolute atomic E-state index is 2.48. The third-order valence-electron chi connectivity index (χ3n) is 4.27. The van der Waals surface area contributed by atoms with Gasteiger partial charge in [-0.3, -0.25) is 0 Å². The van der Waals surface area contributed by atoms with E-state index in [0.717, 1.165) is 23.7 Å². The summed E-state index contributed by atoms with van der Waals surface area (Å²) in [7, 11) is 0. The van der Waals surface area contributed by atoms with Crippen molar-refractivity contribution in [1.29, 1.82) is 0 Å². The molecule has 2 aliphatic carbocycles. The Hall–Kier alpha value is 0. The Morgan fingerprint density at radius 3 is 2.58 bits per heavy atom. The van der Waals surface area contributed by atoms with Gasteiger partial charge in [0.1, 0.15) is 0 Å². The number of hydrogen-bond acceptors (Lipinski definition) is 0. The zero-order chi connectivity index (χ0) is 8.55. The summed E-state index contributed by atoms with van der Waals surface area (Å²) in [4.78, 5) is 0. The second-order valence-electron chi connectivity index (χ2n) is 5.25. The maximum atomic E-state index is 2.48. The van der Waals surface area contributed by atoms with Crippen LogP contribution in [0, 0.1) is 23.7 Å². The molecule has 0 N–H and O–H groups in total. The summed E-state index contributed by atoms with van der Waals surface area (Å²) < 4.78 is 0. The van der Waals surface area contributed by atoms with Crippen LogP contribution in [0.5, 0.6) is 0 Å². The van der Waals surface area contributed by atoms with Crippen molar-refractivity contribution >= 4 is 0 Å². The highest BCUT2D eigenvalue weighted by Crippen LogP contribution is 2.45. The molecular formula is C12H22. The second-order valence-corrected chi connectivity index (χ2v) is 5.25. The van der Waals surface area contributed by atoms with Crippen molar-refractivity contribution in [2.45, 2.75) is 52.4 Å². The van der Waals surface area contributed by atoms with Gasteiger partial charge in [-0.05, 0) is 36.5 Å². The van der Waals surface area contributed by atoms with Crippen LogP contribution in [0.25, 0.3) is 0 Å². The second kappa shape index (κ2) is 3.40. The Labute approximate surface area is 76.7 Å². The Kier molecular flexibility index (Phi) is 2.43. The first-order chi connectivity index (χ1) is 5.77. The molecule has 0 bridgehead atoms. The van der Waals surface area contributed by atoms with Crippen molar-refractivity contribution < 1.29 is 0 Å². The van der Waals surface area contributed by atoms with Gasteiger partial charge >= 0.3 is 0 Å². The van der Waals surface area contributed by atoms with Crippen LogP contribution in [0.4, 0.5) is 0 Å². The van der Waals surface area contributed by atoms with Gasteiger partial charge in [-0.25, -0.2) is 0 Å². The normalized spacial score (nSPS) is 48.5. The molecule has 0 heterocycles. The molecule has 0 radical (unpaired) electrons. The maximum Gasteiger partial charge on any atom is -0.0360 e. The first-order valence-corrected chi connectivity index (χ1v) is 5.77. The SMILES string of the molecule is C[C@H]1CC[C@H]2[C@H](CCC[C@@H]2C)C1. The van der Waals surface area contributed by atoms with Gasteiger partial charge in [0.05, 0.1) is 0 Å². The molecule has 2 saturated carbocycles. The van der Waals surface area contributed by atoms with Gasteiger partial charge in [-0.15, -0.1) is 0 Å². The van der Waals surface area contributed by atoms with Gasteiger partial charge in [0.2, 0.25) is 0 Å². The molecular weight excluding hydrogens is 144 g/mol. The van der Waals surface area contributed by atoms with Crippen molar-refractivity contribution in [3.05, 3.63) is 0 Å². The molecule has 0 aromatic carbocycles. The molecule has 2 aliphatic rings. The lowest BCUT2D eigenvalue weighted by atomic mass is 9.64. The van der Waals surface area contributed by atoms with E-state index in [4.69, 9.17) is 0 Å². The quantitative estimate of drug-likeness (QED) is 0.512. The highest BCUT2D eigenvalue weighted by molar-refractivity contribution is 4.85. The summed E-state index contributed by atoms with van der Waals surface area (Å²) in [6, 6.07) is 0. The average Bonchev–Trinajstić information content (AvgIpc) is 2.04. The lowest BCUT2D eigenvalue weighted by Gasteiger charge is -2.42. The zero-order valence-electron chi connectivity index (χ0n) is 8.55. The van der Waals surface area contributed by atoms with Crippen LogP contribution < -0.4 is 0 Å². The van der Waals surface area contributed by atoms with Crippen molar-refractivity contribution in [2.75, 3.05) is 0 Å². The molecule has 70 valence electrons.